The Bertz CT molecular complexity index is 301. The van der Waals surface area contributed by atoms with Gasteiger partial charge in [0.1, 0.15) is 5.82 Å². The first-order valence-electron chi connectivity index (χ1n) is 3.69. The third-order valence-electron chi connectivity index (χ3n) is 1.59. The highest BCUT2D eigenvalue weighted by molar-refractivity contribution is 6.25. The van der Waals surface area contributed by atoms with Gasteiger partial charge in [-0.3, -0.25) is 4.68 Å². The lowest BCUT2D eigenvalue weighted by Gasteiger charge is -2.02. The van der Waals surface area contributed by atoms with Crippen LogP contribution in [-0.2, 0) is 6.54 Å². The average Bonchev–Trinajstić information content (AvgIpc) is 2.30. The molecule has 1 rings (SSSR count). The second-order valence-corrected chi connectivity index (χ2v) is 3.04. The molecule has 12 heavy (non-hydrogen) atoms. The normalized spacial score (nSPS) is 12.1. The van der Waals surface area contributed by atoms with Gasteiger partial charge in [0.05, 0.1) is 6.54 Å². The lowest BCUT2D eigenvalue weighted by Crippen LogP contribution is -2.03. The van der Waals surface area contributed by atoms with Crippen LogP contribution in [0.2, 0.25) is 0 Å². The molecule has 2 N–H and O–H groups in total. The van der Waals surface area contributed by atoms with Crippen molar-refractivity contribution in [3.05, 3.63) is 22.9 Å². The minimum atomic E-state index is 0.551. The molecule has 0 aromatic carbocycles. The molecule has 4 heteroatoms. The number of hydrogen-bond donors (Lipinski definition) is 1. The van der Waals surface area contributed by atoms with E-state index >= 15 is 0 Å². The smallest absolute Gasteiger partial charge is 0.145 e. The molecule has 0 aliphatic heterocycles. The number of aryl methyl sites for hydroxylation is 1. The maximum absolute atomic E-state index is 5.53. The molecule has 1 aromatic heterocycles. The molecule has 0 fully saturated rings. The highest BCUT2D eigenvalue weighted by Gasteiger charge is 2.00. The van der Waals surface area contributed by atoms with Crippen LogP contribution < -0.4 is 5.73 Å². The van der Waals surface area contributed by atoms with Gasteiger partial charge in [-0.2, -0.15) is 5.10 Å². The van der Waals surface area contributed by atoms with Gasteiger partial charge in [-0.25, -0.2) is 0 Å². The van der Waals surface area contributed by atoms with Gasteiger partial charge in [-0.05, 0) is 19.4 Å². The summed E-state index contributed by atoms with van der Waals surface area (Å²) in [4.78, 5) is 0. The first-order chi connectivity index (χ1) is 5.63. The monoisotopic (exact) mass is 185 g/mol. The van der Waals surface area contributed by atoms with E-state index in [-0.39, 0.29) is 0 Å². The molecule has 0 unspecified atom stereocenters. The van der Waals surface area contributed by atoms with Gasteiger partial charge in [0.15, 0.2) is 0 Å². The second kappa shape index (κ2) is 3.63. The Labute approximate surface area is 76.8 Å². The van der Waals surface area contributed by atoms with Crippen molar-refractivity contribution < 1.29 is 0 Å². The second-order valence-electron chi connectivity index (χ2n) is 2.82. The minimum Gasteiger partial charge on any atom is -0.382 e. The van der Waals surface area contributed by atoms with Crippen LogP contribution in [0.5, 0.6) is 0 Å². The molecule has 1 heterocycles. The van der Waals surface area contributed by atoms with Gasteiger partial charge in [-0.15, -0.1) is 0 Å². The van der Waals surface area contributed by atoms with Crippen molar-refractivity contribution in [2.75, 3.05) is 5.73 Å². The molecule has 0 atom stereocenters. The van der Waals surface area contributed by atoms with E-state index in [1.807, 2.05) is 24.6 Å². The Morgan fingerprint density at radius 3 is 2.92 bits per heavy atom. The number of rotatable bonds is 2. The summed E-state index contributed by atoms with van der Waals surface area (Å²) in [5.74, 6) is 0.551. The van der Waals surface area contributed by atoms with Crippen LogP contribution in [0.4, 0.5) is 5.82 Å². The Morgan fingerprint density at radius 1 is 1.83 bits per heavy atom. The maximum Gasteiger partial charge on any atom is 0.145 e. The first kappa shape index (κ1) is 9.13. The molecule has 0 spiro atoms. The summed E-state index contributed by atoms with van der Waals surface area (Å²) in [6, 6.07) is 1.83. The Kier molecular flexibility index (Phi) is 2.76. The van der Waals surface area contributed by atoms with Crippen LogP contribution in [0, 0.1) is 6.92 Å². The number of nitrogens with two attached hydrogens (primary N) is 1. The number of hydrogen-bond acceptors (Lipinski definition) is 2. The zero-order chi connectivity index (χ0) is 9.14. The van der Waals surface area contributed by atoms with Crippen LogP contribution in [0.3, 0.4) is 0 Å². The lowest BCUT2D eigenvalue weighted by atomic mass is 10.3. The molecular weight excluding hydrogens is 174 g/mol. The third kappa shape index (κ3) is 2.01. The average molecular weight is 186 g/mol. The molecule has 66 valence electrons. The number of halogens is 1. The molecule has 0 bridgehead atoms. The largest absolute Gasteiger partial charge is 0.382 e. The lowest BCUT2D eigenvalue weighted by molar-refractivity contribution is 0.660. The third-order valence-corrected chi connectivity index (χ3v) is 1.96. The maximum atomic E-state index is 5.53. The van der Waals surface area contributed by atoms with Crippen molar-refractivity contribution in [3.63, 3.8) is 0 Å². The molecule has 0 radical (unpaired) electrons. The first-order valence-corrected chi connectivity index (χ1v) is 4.13. The summed E-state index contributed by atoms with van der Waals surface area (Å²) in [7, 11) is 0. The summed E-state index contributed by atoms with van der Waals surface area (Å²) < 4.78 is 1.82. The van der Waals surface area contributed by atoms with E-state index in [1.165, 1.54) is 0 Å². The SMILES string of the molecule is C/C(=C\Cl)Cn1nc(N)cc1C. The van der Waals surface area contributed by atoms with Crippen LogP contribution >= 0.6 is 11.6 Å². The van der Waals surface area contributed by atoms with Crippen molar-refractivity contribution in [2.24, 2.45) is 0 Å². The molecule has 3 nitrogen and oxygen atoms in total. The van der Waals surface area contributed by atoms with Gasteiger partial charge in [0, 0.05) is 17.3 Å². The van der Waals surface area contributed by atoms with Crippen LogP contribution in [0.15, 0.2) is 17.2 Å². The minimum absolute atomic E-state index is 0.551. The Hall–Kier alpha value is -0.960. The van der Waals surface area contributed by atoms with E-state index in [9.17, 15) is 0 Å². The number of allylic oxidation sites excluding steroid dienone is 1. The van der Waals surface area contributed by atoms with Gasteiger partial charge in [-0.1, -0.05) is 11.6 Å². The van der Waals surface area contributed by atoms with Crippen molar-refractivity contribution in [2.45, 2.75) is 20.4 Å². The van der Waals surface area contributed by atoms with Crippen LogP contribution in [0.1, 0.15) is 12.6 Å². The predicted octanol–water partition coefficient (Wildman–Crippen LogP) is 1.92. The van der Waals surface area contributed by atoms with E-state index in [2.05, 4.69) is 5.10 Å². The van der Waals surface area contributed by atoms with Crippen molar-refractivity contribution in [1.82, 2.24) is 9.78 Å². The number of nitrogen functional groups attached to an aromatic ring is 1. The Balaban J connectivity index is 2.82. The fourth-order valence-electron chi connectivity index (χ4n) is 0.966. The summed E-state index contributed by atoms with van der Waals surface area (Å²) in [5, 5.41) is 4.09. The van der Waals surface area contributed by atoms with E-state index in [1.54, 1.807) is 5.54 Å². The van der Waals surface area contributed by atoms with E-state index in [0.717, 1.165) is 11.3 Å². The van der Waals surface area contributed by atoms with Gasteiger partial charge >= 0.3 is 0 Å². The number of anilines is 1. The zero-order valence-electron chi connectivity index (χ0n) is 7.21. The molecular formula is C8H12ClN3. The van der Waals surface area contributed by atoms with Crippen molar-refractivity contribution >= 4 is 17.4 Å². The highest BCUT2D eigenvalue weighted by atomic mass is 35.5. The molecule has 1 aromatic rings. The van der Waals surface area contributed by atoms with Crippen LogP contribution in [0.25, 0.3) is 0 Å². The standard InChI is InChI=1S/C8H12ClN3/c1-6(4-9)5-12-7(2)3-8(10)11-12/h3-4H,5H2,1-2H3,(H2,10,11)/b6-4+. The van der Waals surface area contributed by atoms with Crippen LogP contribution in [-0.4, -0.2) is 9.78 Å². The van der Waals surface area contributed by atoms with E-state index < -0.39 is 0 Å². The van der Waals surface area contributed by atoms with Gasteiger partial charge in [0.2, 0.25) is 0 Å². The molecule has 0 aliphatic rings. The van der Waals surface area contributed by atoms with Gasteiger partial charge < -0.3 is 5.73 Å². The predicted molar refractivity (Wildman–Crippen MR) is 51.0 cm³/mol. The fraction of sp³-hybridized carbons (Fsp3) is 0.375. The topological polar surface area (TPSA) is 43.8 Å². The quantitative estimate of drug-likeness (QED) is 0.765. The number of nitrogens with zero attached hydrogens (tertiary/aromatic N) is 2. The highest BCUT2D eigenvalue weighted by Crippen LogP contribution is 2.07. The molecule has 0 aliphatic carbocycles. The molecule has 0 amide bonds. The van der Waals surface area contributed by atoms with Crippen molar-refractivity contribution in [1.29, 1.82) is 0 Å². The summed E-state index contributed by atoms with van der Waals surface area (Å²) in [6.45, 7) is 4.61. The van der Waals surface area contributed by atoms with E-state index in [0.29, 0.717) is 12.4 Å². The Morgan fingerprint density at radius 2 is 2.50 bits per heavy atom. The number of aromatic nitrogens is 2. The fourth-order valence-corrected chi connectivity index (χ4v) is 1.04. The van der Waals surface area contributed by atoms with Gasteiger partial charge in [0.25, 0.3) is 0 Å². The van der Waals surface area contributed by atoms with Crippen molar-refractivity contribution in [3.8, 4) is 0 Å². The van der Waals surface area contributed by atoms with E-state index in [4.69, 9.17) is 17.3 Å². The summed E-state index contributed by atoms with van der Waals surface area (Å²) in [5.41, 5.74) is 9.17. The summed E-state index contributed by atoms with van der Waals surface area (Å²) >= 11 is 5.53. The zero-order valence-corrected chi connectivity index (χ0v) is 7.97. The molecule has 0 saturated carbocycles. The molecule has 0 saturated heterocycles. The summed E-state index contributed by atoms with van der Waals surface area (Å²) in [6.07, 6.45) is 0.